The van der Waals surface area contributed by atoms with Crippen molar-refractivity contribution in [3.8, 4) is 17.2 Å². The molecule has 0 unspecified atom stereocenters. The van der Waals surface area contributed by atoms with Crippen molar-refractivity contribution in [3.63, 3.8) is 0 Å². The quantitative estimate of drug-likeness (QED) is 0.272. The molecular weight excluding hydrogens is 627 g/mol. The van der Waals surface area contributed by atoms with Crippen LogP contribution in [0.15, 0.2) is 74.9 Å². The molecule has 4 rings (SSSR count). The maximum atomic E-state index is 13.1. The number of nitrogens with zero attached hydrogens (tertiary/aromatic N) is 2. The van der Waals surface area contributed by atoms with Gasteiger partial charge in [-0.05, 0) is 11.5 Å². The third-order valence-corrected chi connectivity index (χ3v) is 7.99. The summed E-state index contributed by atoms with van der Waals surface area (Å²) in [6, 6.07) is 14.1. The van der Waals surface area contributed by atoms with Crippen LogP contribution in [0.1, 0.15) is 31.2 Å². The first kappa shape index (κ1) is 27.0. The molecule has 0 aliphatic carbocycles. The number of rotatable bonds is 9. The Bertz CT molecular complexity index is 1470. The van der Waals surface area contributed by atoms with Gasteiger partial charge < -0.3 is 0 Å². The second kappa shape index (κ2) is 12.0. The molecule has 0 radical (unpaired) electrons. The van der Waals surface area contributed by atoms with Crippen molar-refractivity contribution in [2.45, 2.75) is 19.8 Å². The van der Waals surface area contributed by atoms with Gasteiger partial charge in [0.1, 0.15) is 0 Å². The van der Waals surface area contributed by atoms with Crippen molar-refractivity contribution in [1.29, 1.82) is 0 Å². The number of ether oxygens (including phenoxy) is 2. The Hall–Kier alpha value is -3.09. The average molecular weight is 652 g/mol. The van der Waals surface area contributed by atoms with Crippen molar-refractivity contribution >= 4 is 38.9 Å². The van der Waals surface area contributed by atoms with Crippen LogP contribution in [0.4, 0.5) is 11.5 Å². The maximum absolute atomic E-state index is 13.1. The van der Waals surface area contributed by atoms with Crippen LogP contribution < -0.4 is 40.1 Å². The Morgan fingerprint density at radius 3 is 2.41 bits per heavy atom. The summed E-state index contributed by atoms with van der Waals surface area (Å²) in [5, 5.41) is -0.0629. The van der Waals surface area contributed by atoms with Crippen LogP contribution in [0.5, 0.6) is 17.2 Å². The molecule has 194 valence electrons. The number of anilines is 2. The van der Waals surface area contributed by atoms with E-state index in [1.807, 2.05) is 30.4 Å². The van der Waals surface area contributed by atoms with Gasteiger partial charge in [-0.15, -0.1) is 0 Å². The Morgan fingerprint density at radius 2 is 1.70 bits per heavy atom. The monoisotopic (exact) mass is 651 g/mol. The molecule has 2 heterocycles. The van der Waals surface area contributed by atoms with Gasteiger partial charge in [0, 0.05) is 0 Å². The summed E-state index contributed by atoms with van der Waals surface area (Å²) >= 11 is 6.33. The van der Waals surface area contributed by atoms with Gasteiger partial charge in [-0.1, -0.05) is 13.8 Å². The van der Waals surface area contributed by atoms with Crippen LogP contribution >= 0.6 is 11.6 Å². The number of hydrogen-bond donors (Lipinski definition) is 2. The molecular formula is C26H25ClIN4O4S-. The van der Waals surface area contributed by atoms with Gasteiger partial charge in [-0.3, -0.25) is 0 Å². The molecule has 2 N–H and O–H groups in total. The first-order chi connectivity index (χ1) is 17.8. The minimum atomic E-state index is -4.13. The first-order valence-electron chi connectivity index (χ1n) is 11.2. The van der Waals surface area contributed by atoms with Crippen molar-refractivity contribution in [3.05, 3.63) is 91.5 Å². The van der Waals surface area contributed by atoms with Crippen LogP contribution in [0.2, 0.25) is 5.15 Å². The molecule has 1 aromatic heterocycles. The van der Waals surface area contributed by atoms with E-state index < -0.39 is 10.2 Å². The van der Waals surface area contributed by atoms with Crippen LogP contribution in [-0.2, 0) is 10.2 Å². The van der Waals surface area contributed by atoms with E-state index in [0.29, 0.717) is 28.7 Å². The Balaban J connectivity index is 1.72. The molecule has 0 saturated heterocycles. The van der Waals surface area contributed by atoms with Gasteiger partial charge in [0.25, 0.3) is 0 Å². The zero-order valence-corrected chi connectivity index (χ0v) is 24.0. The number of para-hydroxylation sites is 2. The summed E-state index contributed by atoms with van der Waals surface area (Å²) in [7, 11) is -2.63. The van der Waals surface area contributed by atoms with Gasteiger partial charge in [0.05, 0.1) is 0 Å². The molecule has 37 heavy (non-hydrogen) atoms. The number of aromatic nitrogens is 2. The summed E-state index contributed by atoms with van der Waals surface area (Å²) < 4.78 is 46.7. The van der Waals surface area contributed by atoms with E-state index in [2.05, 4.69) is 41.4 Å². The molecule has 0 amide bonds. The molecule has 0 spiro atoms. The van der Waals surface area contributed by atoms with Gasteiger partial charge in [-0.2, -0.15) is 0 Å². The van der Waals surface area contributed by atoms with E-state index in [-0.39, 0.29) is 43.7 Å². The third-order valence-electron chi connectivity index (χ3n) is 5.16. The van der Waals surface area contributed by atoms with E-state index in [1.165, 1.54) is 7.11 Å². The number of benzene rings is 2. The van der Waals surface area contributed by atoms with Crippen LogP contribution in [0.3, 0.4) is 0 Å². The number of allylic oxidation sites excluding steroid dienone is 4. The molecule has 3 aromatic rings. The summed E-state index contributed by atoms with van der Waals surface area (Å²) in [6.07, 6.45) is 5.67. The predicted molar refractivity (Wildman–Crippen MR) is 143 cm³/mol. The van der Waals surface area contributed by atoms with Crippen molar-refractivity contribution in [2.75, 3.05) is 16.6 Å². The summed E-state index contributed by atoms with van der Waals surface area (Å²) in [4.78, 5) is 8.86. The van der Waals surface area contributed by atoms with E-state index >= 15 is 0 Å². The van der Waals surface area contributed by atoms with E-state index in [9.17, 15) is 8.42 Å². The number of methoxy groups -OCH3 is 1. The fourth-order valence-electron chi connectivity index (χ4n) is 3.30. The first-order valence-corrected chi connectivity index (χ1v) is 15.6. The molecule has 2 aromatic carbocycles. The van der Waals surface area contributed by atoms with Gasteiger partial charge >= 0.3 is 208 Å². The molecule has 1 aliphatic heterocycles. The van der Waals surface area contributed by atoms with Gasteiger partial charge in [0.15, 0.2) is 0 Å². The summed E-state index contributed by atoms with van der Waals surface area (Å²) in [6.45, 7) is 4.13. The summed E-state index contributed by atoms with van der Waals surface area (Å²) in [5.41, 5.74) is 2.18. The SMILES string of the molecule is COc1ccccc1Oc1c(Cl)nc(C2=CC=C[I-]C=C2)nc1NS(=O)(=O)Nc1ccc(C(C)C)cc1. The van der Waals surface area contributed by atoms with Crippen LogP contribution in [-0.4, -0.2) is 25.5 Å². The molecule has 0 bridgehead atoms. The normalized spacial score (nSPS) is 13.4. The number of nitrogens with one attached hydrogen (secondary N) is 2. The fourth-order valence-corrected chi connectivity index (χ4v) is 5.68. The topological polar surface area (TPSA) is 102 Å². The van der Waals surface area contributed by atoms with Crippen LogP contribution in [0, 0.1) is 0 Å². The predicted octanol–water partition coefficient (Wildman–Crippen LogP) is 3.34. The molecule has 0 fully saturated rings. The minimum absolute atomic E-state index is 0.0587. The zero-order chi connectivity index (χ0) is 26.4. The molecule has 0 atom stereocenters. The second-order valence-corrected chi connectivity index (χ2v) is 12.0. The fraction of sp³-hybridized carbons (Fsp3) is 0.154. The second-order valence-electron chi connectivity index (χ2n) is 8.11. The van der Waals surface area contributed by atoms with Crippen molar-refractivity contribution in [2.24, 2.45) is 0 Å². The van der Waals surface area contributed by atoms with E-state index in [0.717, 1.165) is 5.56 Å². The van der Waals surface area contributed by atoms with E-state index in [4.69, 9.17) is 21.1 Å². The van der Waals surface area contributed by atoms with Gasteiger partial charge in [0.2, 0.25) is 0 Å². The third kappa shape index (κ3) is 7.02. The standard InChI is InChI=1S/C26H25ClIN4O4S/c1-17(2)18-10-12-20(13-11-18)31-37(33,34)32-26-23(36-22-9-5-4-8-21(22)35-3)24(27)29-25(30-26)19-7-6-15-28-16-14-19/h4-17,31H,1-3H3,(H,29,30,32)/q-1. The summed E-state index contributed by atoms with van der Waals surface area (Å²) in [5.74, 6) is 1.15. The van der Waals surface area contributed by atoms with Gasteiger partial charge in [-0.25, -0.2) is 0 Å². The van der Waals surface area contributed by atoms with Crippen molar-refractivity contribution < 1.29 is 39.1 Å². The molecule has 11 heteroatoms. The molecule has 0 saturated carbocycles. The average Bonchev–Trinajstić information content (AvgIpc) is 3.16. The van der Waals surface area contributed by atoms with E-state index in [1.54, 1.807) is 36.4 Å². The number of hydrogen-bond acceptors (Lipinski definition) is 6. The molecule has 1 aliphatic rings. The number of halogens is 2. The molecule has 8 nitrogen and oxygen atoms in total. The Kier molecular flexibility index (Phi) is 8.72. The zero-order valence-electron chi connectivity index (χ0n) is 20.3. The Morgan fingerprint density at radius 1 is 0.973 bits per heavy atom. The van der Waals surface area contributed by atoms with Crippen LogP contribution in [0.25, 0.3) is 5.57 Å². The van der Waals surface area contributed by atoms with Crippen molar-refractivity contribution in [1.82, 2.24) is 9.97 Å². The Labute approximate surface area is 231 Å².